The predicted molar refractivity (Wildman–Crippen MR) is 103 cm³/mol. The van der Waals surface area contributed by atoms with E-state index in [0.29, 0.717) is 5.82 Å². The fraction of sp³-hybridized carbons (Fsp3) is 0.625. The van der Waals surface area contributed by atoms with Gasteiger partial charge < -0.3 is 25.4 Å². The maximum Gasteiger partial charge on any atom is 0.319 e. The molecule has 140 valence electrons. The largest absolute Gasteiger partial charge is 0.462 e. The van der Waals surface area contributed by atoms with Crippen LogP contribution in [0.4, 0.5) is 0 Å². The van der Waals surface area contributed by atoms with Gasteiger partial charge in [0.15, 0.2) is 0 Å². The number of ether oxygens (including phenoxy) is 2. The molecule has 3 N–H and O–H groups in total. The summed E-state index contributed by atoms with van der Waals surface area (Å²) in [5.74, 6) is 0.968. The zero-order valence-corrected chi connectivity index (χ0v) is 16.5. The Kier molecular flexibility index (Phi) is 15.5. The summed E-state index contributed by atoms with van der Waals surface area (Å²) in [6, 6.07) is 0. The minimum Gasteiger partial charge on any atom is -0.462 e. The Bertz CT molecular complexity index is 428. The van der Waals surface area contributed by atoms with E-state index in [2.05, 4.69) is 29.5 Å². The van der Waals surface area contributed by atoms with Crippen molar-refractivity contribution in [3.05, 3.63) is 24.7 Å². The first kappa shape index (κ1) is 24.7. The van der Waals surface area contributed by atoms with Crippen LogP contribution < -0.4 is 11.1 Å². The van der Waals surface area contributed by atoms with Gasteiger partial charge in [0.05, 0.1) is 12.6 Å². The molecule has 0 bridgehead atoms. The second kappa shape index (κ2) is 15.0. The number of amidine groups is 1. The molecule has 0 saturated heterocycles. The third-order valence-electron chi connectivity index (χ3n) is 2.68. The highest BCUT2D eigenvalue weighted by atomic mass is 32.1. The fourth-order valence-electron chi connectivity index (χ4n) is 1.68. The number of hydrogen-bond donors (Lipinski definition) is 3. The smallest absolute Gasteiger partial charge is 0.319 e. The summed E-state index contributed by atoms with van der Waals surface area (Å²) in [6.07, 6.45) is 4.86. The first-order valence-corrected chi connectivity index (χ1v) is 8.72. The van der Waals surface area contributed by atoms with Gasteiger partial charge >= 0.3 is 5.97 Å². The Morgan fingerprint density at radius 3 is 2.50 bits per heavy atom. The molecule has 0 radical (unpaired) electrons. The summed E-state index contributed by atoms with van der Waals surface area (Å²) >= 11 is 3.53. The predicted octanol–water partition coefficient (Wildman–Crippen LogP) is 1.73. The summed E-state index contributed by atoms with van der Waals surface area (Å²) in [4.78, 5) is 16.8. The third-order valence-corrected chi connectivity index (χ3v) is 2.68. The first-order chi connectivity index (χ1) is 11.5. The maximum absolute atomic E-state index is 11.0. The fourth-order valence-corrected chi connectivity index (χ4v) is 1.68. The van der Waals surface area contributed by atoms with Crippen molar-refractivity contribution in [2.75, 3.05) is 26.5 Å². The van der Waals surface area contributed by atoms with Crippen LogP contribution in [-0.4, -0.2) is 55.5 Å². The van der Waals surface area contributed by atoms with Gasteiger partial charge in [0.2, 0.25) is 0 Å². The Hall–Kier alpha value is -1.51. The van der Waals surface area contributed by atoms with Crippen LogP contribution in [0.15, 0.2) is 29.7 Å². The third kappa shape index (κ3) is 9.59. The van der Waals surface area contributed by atoms with Crippen molar-refractivity contribution in [1.82, 2.24) is 10.2 Å². The van der Waals surface area contributed by atoms with Crippen molar-refractivity contribution < 1.29 is 14.3 Å². The normalized spacial score (nSPS) is 16.9. The zero-order chi connectivity index (χ0) is 19.1. The SMILES string of the molecule is C=C1NC(=NC)C=CN1C(C)OC(C)COC(=O)CN.CC.CS. The minimum absolute atomic E-state index is 0.128. The lowest BCUT2D eigenvalue weighted by molar-refractivity contribution is -0.149. The molecule has 8 heteroatoms. The highest BCUT2D eigenvalue weighted by molar-refractivity contribution is 7.79. The summed E-state index contributed by atoms with van der Waals surface area (Å²) in [6.45, 7) is 11.7. The molecule has 1 rings (SSSR count). The average molecular weight is 361 g/mol. The molecule has 0 aromatic rings. The Balaban J connectivity index is 0. The van der Waals surface area contributed by atoms with Gasteiger partial charge in [-0.3, -0.25) is 9.79 Å². The summed E-state index contributed by atoms with van der Waals surface area (Å²) < 4.78 is 10.7. The number of carbonyl (C=O) groups excluding carboxylic acids is 1. The van der Waals surface area contributed by atoms with E-state index in [1.54, 1.807) is 13.3 Å². The number of nitrogens with two attached hydrogens (primary N) is 1. The van der Waals surface area contributed by atoms with E-state index < -0.39 is 5.97 Å². The van der Waals surface area contributed by atoms with Crippen LogP contribution in [0.2, 0.25) is 0 Å². The van der Waals surface area contributed by atoms with E-state index in [1.807, 2.05) is 44.9 Å². The van der Waals surface area contributed by atoms with Gasteiger partial charge in [0.1, 0.15) is 24.5 Å². The van der Waals surface area contributed by atoms with Gasteiger partial charge in [-0.2, -0.15) is 12.6 Å². The van der Waals surface area contributed by atoms with E-state index in [0.717, 1.165) is 5.84 Å². The Morgan fingerprint density at radius 2 is 2.04 bits per heavy atom. The highest BCUT2D eigenvalue weighted by Crippen LogP contribution is 2.13. The molecule has 1 heterocycles. The van der Waals surface area contributed by atoms with Crippen LogP contribution in [0.3, 0.4) is 0 Å². The number of esters is 1. The lowest BCUT2D eigenvalue weighted by Crippen LogP contribution is -2.42. The molecular formula is C16H32N4O3S. The Labute approximate surface area is 151 Å². The second-order valence-corrected chi connectivity index (χ2v) is 4.34. The minimum atomic E-state index is -0.444. The molecule has 0 fully saturated rings. The number of nitrogens with one attached hydrogen (secondary N) is 1. The number of rotatable bonds is 6. The van der Waals surface area contributed by atoms with Gasteiger partial charge in [-0.15, -0.1) is 0 Å². The van der Waals surface area contributed by atoms with Crippen LogP contribution in [0, 0.1) is 0 Å². The van der Waals surface area contributed by atoms with Crippen molar-refractivity contribution in [2.45, 2.75) is 40.0 Å². The van der Waals surface area contributed by atoms with E-state index >= 15 is 0 Å². The van der Waals surface area contributed by atoms with Gasteiger partial charge in [-0.05, 0) is 26.2 Å². The molecule has 0 aromatic carbocycles. The summed E-state index contributed by atoms with van der Waals surface area (Å²) in [5.41, 5.74) is 5.16. The molecule has 0 spiro atoms. The number of thiol groups is 1. The van der Waals surface area contributed by atoms with Crippen molar-refractivity contribution >= 4 is 24.4 Å². The van der Waals surface area contributed by atoms with Crippen molar-refractivity contribution in [3.8, 4) is 0 Å². The molecule has 0 amide bonds. The number of hydrogen-bond acceptors (Lipinski definition) is 7. The van der Waals surface area contributed by atoms with Crippen molar-refractivity contribution in [3.63, 3.8) is 0 Å². The average Bonchev–Trinajstić information content (AvgIpc) is 2.62. The monoisotopic (exact) mass is 360 g/mol. The summed E-state index contributed by atoms with van der Waals surface area (Å²) in [7, 11) is 1.70. The van der Waals surface area contributed by atoms with Crippen LogP contribution in [0.25, 0.3) is 0 Å². The van der Waals surface area contributed by atoms with Crippen molar-refractivity contribution in [2.24, 2.45) is 10.7 Å². The van der Waals surface area contributed by atoms with Gasteiger partial charge in [0, 0.05) is 13.2 Å². The number of carbonyl (C=O) groups is 1. The molecular weight excluding hydrogens is 328 g/mol. The molecule has 1 aliphatic heterocycles. The lowest BCUT2D eigenvalue weighted by Gasteiger charge is -2.33. The van der Waals surface area contributed by atoms with E-state index in [9.17, 15) is 4.79 Å². The van der Waals surface area contributed by atoms with Crippen molar-refractivity contribution in [1.29, 1.82) is 0 Å². The van der Waals surface area contributed by atoms with Crippen LogP contribution in [0.5, 0.6) is 0 Å². The maximum atomic E-state index is 11.0. The zero-order valence-electron chi connectivity index (χ0n) is 15.6. The van der Waals surface area contributed by atoms with Crippen LogP contribution >= 0.6 is 12.6 Å². The molecule has 2 atom stereocenters. The van der Waals surface area contributed by atoms with Gasteiger partial charge in [-0.25, -0.2) is 0 Å². The van der Waals surface area contributed by atoms with E-state index in [-0.39, 0.29) is 25.5 Å². The van der Waals surface area contributed by atoms with E-state index in [1.165, 1.54) is 0 Å². The quantitative estimate of drug-likeness (QED) is 0.494. The molecule has 0 saturated carbocycles. The van der Waals surface area contributed by atoms with Crippen LogP contribution in [-0.2, 0) is 14.3 Å². The molecule has 1 aliphatic rings. The second-order valence-electron chi connectivity index (χ2n) is 4.34. The lowest BCUT2D eigenvalue weighted by atomic mass is 10.3. The standard InChI is InChI=1S/C13H22N4O3.C2H6.CH4S/c1-9(8-19-13(18)7-14)20-11(3)17-6-5-12(15-4)16-10(17)2;2*1-2/h5-6,9,11H,2,7-8,14H2,1,3-4H3,(H,15,16);1-2H3;2H,1H3. The molecule has 0 aromatic heterocycles. The van der Waals surface area contributed by atoms with Crippen LogP contribution in [0.1, 0.15) is 27.7 Å². The summed E-state index contributed by atoms with van der Waals surface area (Å²) in [5, 5.41) is 3.04. The topological polar surface area (TPSA) is 89.2 Å². The molecule has 2 unspecified atom stereocenters. The van der Waals surface area contributed by atoms with E-state index in [4.69, 9.17) is 15.2 Å². The highest BCUT2D eigenvalue weighted by Gasteiger charge is 2.20. The molecule has 7 nitrogen and oxygen atoms in total. The van der Waals surface area contributed by atoms with Gasteiger partial charge in [-0.1, -0.05) is 20.4 Å². The number of aliphatic imine (C=N–C) groups is 1. The molecule has 24 heavy (non-hydrogen) atoms. The molecule has 0 aliphatic carbocycles. The first-order valence-electron chi connectivity index (χ1n) is 7.83. The Morgan fingerprint density at radius 1 is 1.46 bits per heavy atom. The number of nitrogens with zero attached hydrogens (tertiary/aromatic N) is 2. The van der Waals surface area contributed by atoms with Gasteiger partial charge in [0.25, 0.3) is 0 Å².